The number of benzene rings is 2. The van der Waals surface area contributed by atoms with Crippen molar-refractivity contribution < 1.29 is 19.1 Å². The van der Waals surface area contributed by atoms with E-state index in [0.717, 1.165) is 22.3 Å². The first-order valence-electron chi connectivity index (χ1n) is 8.54. The van der Waals surface area contributed by atoms with E-state index in [-0.39, 0.29) is 12.5 Å². The number of rotatable bonds is 6. The van der Waals surface area contributed by atoms with Gasteiger partial charge >= 0.3 is 5.97 Å². The Bertz CT molecular complexity index is 814. The summed E-state index contributed by atoms with van der Waals surface area (Å²) in [5.74, 6) is -0.333. The van der Waals surface area contributed by atoms with Crippen molar-refractivity contribution in [2.75, 3.05) is 11.9 Å². The Kier molecular flexibility index (Phi) is 6.39. The van der Waals surface area contributed by atoms with Crippen molar-refractivity contribution in [1.82, 2.24) is 0 Å². The molecule has 0 unspecified atom stereocenters. The highest BCUT2D eigenvalue weighted by Gasteiger charge is 2.19. The molecule has 138 valence electrons. The van der Waals surface area contributed by atoms with Gasteiger partial charge in [-0.1, -0.05) is 29.8 Å². The second-order valence-electron chi connectivity index (χ2n) is 6.43. The highest BCUT2D eigenvalue weighted by Crippen LogP contribution is 2.20. The van der Waals surface area contributed by atoms with Crippen LogP contribution in [0.2, 0.25) is 0 Å². The fraction of sp³-hybridized carbons (Fsp3) is 0.333. The number of esters is 1. The van der Waals surface area contributed by atoms with Gasteiger partial charge in [-0.25, -0.2) is 4.79 Å². The highest BCUT2D eigenvalue weighted by molar-refractivity contribution is 5.95. The van der Waals surface area contributed by atoms with Crippen molar-refractivity contribution >= 4 is 17.6 Å². The van der Waals surface area contributed by atoms with Gasteiger partial charge in [0.15, 0.2) is 12.7 Å². The lowest BCUT2D eigenvalue weighted by molar-refractivity contribution is -0.155. The number of carbonyl (C=O) groups excluding carboxylic acids is 2. The summed E-state index contributed by atoms with van der Waals surface area (Å²) in [7, 11) is 0. The average Bonchev–Trinajstić information content (AvgIpc) is 2.58. The summed E-state index contributed by atoms with van der Waals surface area (Å²) in [5.41, 5.74) is 4.83. The Morgan fingerprint density at radius 2 is 1.77 bits per heavy atom. The molecule has 2 aromatic rings. The molecule has 1 atom stereocenters. The molecule has 0 saturated heterocycles. The van der Waals surface area contributed by atoms with Crippen LogP contribution in [-0.4, -0.2) is 24.6 Å². The van der Waals surface area contributed by atoms with Crippen LogP contribution in [0.1, 0.15) is 29.2 Å². The number of hydrogen-bond acceptors (Lipinski definition) is 4. The van der Waals surface area contributed by atoms with Gasteiger partial charge in [-0.15, -0.1) is 0 Å². The van der Waals surface area contributed by atoms with Crippen LogP contribution in [0.5, 0.6) is 5.75 Å². The van der Waals surface area contributed by atoms with Crippen LogP contribution in [-0.2, 0) is 14.3 Å². The molecule has 1 amide bonds. The van der Waals surface area contributed by atoms with E-state index in [4.69, 9.17) is 9.47 Å². The van der Waals surface area contributed by atoms with Crippen molar-refractivity contribution in [2.45, 2.75) is 40.7 Å². The van der Waals surface area contributed by atoms with Gasteiger partial charge in [0, 0.05) is 5.69 Å². The zero-order valence-electron chi connectivity index (χ0n) is 15.9. The number of carbonyl (C=O) groups is 2. The molecule has 0 heterocycles. The van der Waals surface area contributed by atoms with Gasteiger partial charge in [0.25, 0.3) is 5.91 Å². The Morgan fingerprint density at radius 1 is 1.04 bits per heavy atom. The molecule has 0 radical (unpaired) electrons. The van der Waals surface area contributed by atoms with Crippen molar-refractivity contribution in [3.63, 3.8) is 0 Å². The fourth-order valence-electron chi connectivity index (χ4n) is 2.49. The van der Waals surface area contributed by atoms with Crippen molar-refractivity contribution in [3.8, 4) is 5.75 Å². The van der Waals surface area contributed by atoms with Gasteiger partial charge in [0.2, 0.25) is 0 Å². The molecule has 0 aromatic heterocycles. The molecular formula is C21H25NO4. The summed E-state index contributed by atoms with van der Waals surface area (Å²) in [6.07, 6.45) is -0.912. The third-order valence-corrected chi connectivity index (χ3v) is 4.22. The predicted octanol–water partition coefficient (Wildman–Crippen LogP) is 3.87. The second-order valence-corrected chi connectivity index (χ2v) is 6.43. The van der Waals surface area contributed by atoms with Crippen molar-refractivity contribution in [2.24, 2.45) is 0 Å². The van der Waals surface area contributed by atoms with Crippen molar-refractivity contribution in [3.05, 3.63) is 58.7 Å². The summed E-state index contributed by atoms with van der Waals surface area (Å²) in [6, 6.07) is 11.4. The van der Waals surface area contributed by atoms with E-state index in [1.807, 2.05) is 58.0 Å². The lowest BCUT2D eigenvalue weighted by Gasteiger charge is -2.16. The zero-order chi connectivity index (χ0) is 19.3. The van der Waals surface area contributed by atoms with Gasteiger partial charge in [-0.3, -0.25) is 4.79 Å². The van der Waals surface area contributed by atoms with Gasteiger partial charge in [0.05, 0.1) is 0 Å². The highest BCUT2D eigenvalue weighted by atomic mass is 16.6. The molecule has 2 aromatic carbocycles. The number of nitrogens with one attached hydrogen (secondary N) is 1. The lowest BCUT2D eigenvalue weighted by Crippen LogP contribution is -2.32. The molecule has 2 rings (SSSR count). The molecule has 1 N–H and O–H groups in total. The maximum absolute atomic E-state index is 12.2. The second kappa shape index (κ2) is 8.52. The maximum atomic E-state index is 12.2. The van der Waals surface area contributed by atoms with Crippen LogP contribution < -0.4 is 10.1 Å². The quantitative estimate of drug-likeness (QED) is 0.799. The molecule has 0 aliphatic heterocycles. The molecule has 0 aliphatic carbocycles. The number of ether oxygens (including phenoxy) is 2. The smallest absolute Gasteiger partial charge is 0.344 e. The van der Waals surface area contributed by atoms with Gasteiger partial charge in [-0.05, 0) is 63.4 Å². The van der Waals surface area contributed by atoms with E-state index in [0.29, 0.717) is 11.4 Å². The number of amides is 1. The number of anilines is 1. The molecule has 0 bridgehead atoms. The summed E-state index contributed by atoms with van der Waals surface area (Å²) in [4.78, 5) is 24.2. The Balaban J connectivity index is 1.87. The third-order valence-electron chi connectivity index (χ3n) is 4.22. The molecule has 26 heavy (non-hydrogen) atoms. The van der Waals surface area contributed by atoms with Gasteiger partial charge in [-0.2, -0.15) is 0 Å². The van der Waals surface area contributed by atoms with E-state index >= 15 is 0 Å². The van der Waals surface area contributed by atoms with E-state index in [1.165, 1.54) is 6.92 Å². The van der Waals surface area contributed by atoms with Crippen LogP contribution in [0.3, 0.4) is 0 Å². The van der Waals surface area contributed by atoms with Crippen molar-refractivity contribution in [1.29, 1.82) is 0 Å². The molecule has 0 fully saturated rings. The molecule has 0 saturated carbocycles. The van der Waals surface area contributed by atoms with Crippen LogP contribution >= 0.6 is 0 Å². The average molecular weight is 355 g/mol. The Hall–Kier alpha value is -2.82. The van der Waals surface area contributed by atoms with E-state index in [1.54, 1.807) is 6.07 Å². The molecular weight excluding hydrogens is 330 g/mol. The minimum Gasteiger partial charge on any atom is -0.482 e. The first-order valence-corrected chi connectivity index (χ1v) is 8.54. The normalized spacial score (nSPS) is 11.6. The molecule has 5 nitrogen and oxygen atoms in total. The van der Waals surface area contributed by atoms with E-state index < -0.39 is 12.1 Å². The summed E-state index contributed by atoms with van der Waals surface area (Å²) in [5, 5.41) is 2.78. The zero-order valence-corrected chi connectivity index (χ0v) is 15.9. The minimum atomic E-state index is -0.912. The first kappa shape index (κ1) is 19.5. The van der Waals surface area contributed by atoms with Gasteiger partial charge < -0.3 is 14.8 Å². The summed E-state index contributed by atoms with van der Waals surface area (Å²) < 4.78 is 10.7. The van der Waals surface area contributed by atoms with E-state index in [9.17, 15) is 9.59 Å². The largest absolute Gasteiger partial charge is 0.482 e. The monoisotopic (exact) mass is 355 g/mol. The van der Waals surface area contributed by atoms with Crippen LogP contribution in [0, 0.1) is 27.7 Å². The maximum Gasteiger partial charge on any atom is 0.344 e. The molecule has 0 spiro atoms. The summed E-state index contributed by atoms with van der Waals surface area (Å²) >= 11 is 0. The van der Waals surface area contributed by atoms with Crippen LogP contribution in [0.15, 0.2) is 36.4 Å². The topological polar surface area (TPSA) is 64.6 Å². The lowest BCUT2D eigenvalue weighted by atomic mass is 10.1. The Morgan fingerprint density at radius 3 is 2.46 bits per heavy atom. The van der Waals surface area contributed by atoms with Crippen LogP contribution in [0.25, 0.3) is 0 Å². The third kappa shape index (κ3) is 5.09. The Labute approximate surface area is 154 Å². The SMILES string of the molecule is Cc1ccc(NC(=O)[C@@H](C)OC(=O)COc2cccc(C)c2C)c(C)c1. The number of aryl methyl sites for hydroxylation is 3. The van der Waals surface area contributed by atoms with Gasteiger partial charge in [0.1, 0.15) is 5.75 Å². The summed E-state index contributed by atoms with van der Waals surface area (Å²) in [6.45, 7) is 9.09. The number of hydrogen-bond donors (Lipinski definition) is 1. The minimum absolute atomic E-state index is 0.245. The standard InChI is InChI=1S/C21H25NO4/c1-13-9-10-18(15(3)11-13)22-21(24)17(5)26-20(23)12-25-19-8-6-7-14(2)16(19)4/h6-11,17H,12H2,1-5H3,(H,22,24)/t17-/m1/s1. The molecule has 0 aliphatic rings. The molecule has 5 heteroatoms. The first-order chi connectivity index (χ1) is 12.3. The predicted molar refractivity (Wildman–Crippen MR) is 102 cm³/mol. The van der Waals surface area contributed by atoms with Crippen LogP contribution in [0.4, 0.5) is 5.69 Å². The fourth-order valence-corrected chi connectivity index (χ4v) is 2.49. The van der Waals surface area contributed by atoms with E-state index in [2.05, 4.69) is 5.32 Å².